The summed E-state index contributed by atoms with van der Waals surface area (Å²) in [5.41, 5.74) is 0. The maximum atomic E-state index is 12.9. The van der Waals surface area contributed by atoms with E-state index in [1.54, 1.807) is 6.08 Å². The molecule has 0 aliphatic rings. The van der Waals surface area contributed by atoms with E-state index in [1.807, 2.05) is 27.2 Å². The van der Waals surface area contributed by atoms with E-state index < -0.39 is 20.0 Å². The second kappa shape index (κ2) is 47.2. The molecule has 0 aliphatic heterocycles. The predicted octanol–water partition coefficient (Wildman–Crippen LogP) is 15.6. The number of likely N-dealkylation sites (N-methyl/N-ethyl adjacent to an activating group) is 1. The number of allylic oxidation sites excluding steroid dienone is 17. The van der Waals surface area contributed by atoms with Crippen molar-refractivity contribution in [3.63, 3.8) is 0 Å². The lowest BCUT2D eigenvalue weighted by molar-refractivity contribution is -0.870. The summed E-state index contributed by atoms with van der Waals surface area (Å²) in [6.45, 7) is 4.65. The fourth-order valence-electron chi connectivity index (χ4n) is 6.86. The summed E-state index contributed by atoms with van der Waals surface area (Å²) < 4.78 is 23.6. The molecule has 378 valence electrons. The Bertz CT molecular complexity index is 1440. The van der Waals surface area contributed by atoms with Gasteiger partial charge >= 0.3 is 7.82 Å². The molecule has 3 atom stereocenters. The summed E-state index contributed by atoms with van der Waals surface area (Å²) in [6.07, 6.45) is 68.9. The largest absolute Gasteiger partial charge is 0.472 e. The maximum absolute atomic E-state index is 12.9. The van der Waals surface area contributed by atoms with E-state index in [0.717, 1.165) is 103 Å². The highest BCUT2D eigenvalue weighted by atomic mass is 31.2. The molecule has 0 aromatic carbocycles. The topological polar surface area (TPSA) is 105 Å². The molecule has 9 heteroatoms. The molecule has 0 fully saturated rings. The van der Waals surface area contributed by atoms with Crippen LogP contribution in [0.4, 0.5) is 0 Å². The zero-order valence-corrected chi connectivity index (χ0v) is 43.8. The molecule has 1 amide bonds. The Kier molecular flexibility index (Phi) is 45.2. The predicted molar refractivity (Wildman–Crippen MR) is 285 cm³/mol. The van der Waals surface area contributed by atoms with Crippen LogP contribution < -0.4 is 5.32 Å². The molecule has 0 aromatic heterocycles. The van der Waals surface area contributed by atoms with Crippen molar-refractivity contribution in [2.75, 3.05) is 40.9 Å². The summed E-state index contributed by atoms with van der Waals surface area (Å²) in [7, 11) is 1.52. The van der Waals surface area contributed by atoms with Crippen LogP contribution in [0.5, 0.6) is 0 Å². The molecule has 0 rings (SSSR count). The third-order valence-corrected chi connectivity index (χ3v) is 12.0. The van der Waals surface area contributed by atoms with Gasteiger partial charge in [-0.2, -0.15) is 0 Å². The van der Waals surface area contributed by atoms with Crippen molar-refractivity contribution in [3.8, 4) is 0 Å². The van der Waals surface area contributed by atoms with E-state index in [4.69, 9.17) is 9.05 Å². The van der Waals surface area contributed by atoms with Crippen LogP contribution >= 0.6 is 7.82 Å². The van der Waals surface area contributed by atoms with Crippen LogP contribution in [0, 0.1) is 0 Å². The molecule has 0 spiro atoms. The molecule has 0 bridgehead atoms. The van der Waals surface area contributed by atoms with Gasteiger partial charge in [0.25, 0.3) is 0 Å². The van der Waals surface area contributed by atoms with Gasteiger partial charge in [-0.25, -0.2) is 4.57 Å². The minimum atomic E-state index is -4.37. The van der Waals surface area contributed by atoms with Crippen molar-refractivity contribution >= 4 is 13.7 Å². The van der Waals surface area contributed by atoms with E-state index in [9.17, 15) is 19.4 Å². The van der Waals surface area contributed by atoms with Crippen molar-refractivity contribution < 1.29 is 32.9 Å². The lowest BCUT2D eigenvalue weighted by Gasteiger charge is -2.25. The van der Waals surface area contributed by atoms with E-state index >= 15 is 0 Å². The minimum absolute atomic E-state index is 0.0458. The molecule has 0 radical (unpaired) electrons. The number of hydrogen-bond acceptors (Lipinski definition) is 5. The molecule has 66 heavy (non-hydrogen) atoms. The highest BCUT2D eigenvalue weighted by Crippen LogP contribution is 2.43. The van der Waals surface area contributed by atoms with E-state index in [-0.39, 0.29) is 19.1 Å². The zero-order chi connectivity index (χ0) is 48.5. The van der Waals surface area contributed by atoms with Crippen LogP contribution in [-0.4, -0.2) is 73.4 Å². The second-order valence-electron chi connectivity index (χ2n) is 18.5. The lowest BCUT2D eigenvalue weighted by atomic mass is 10.1. The van der Waals surface area contributed by atoms with Crippen molar-refractivity contribution in [3.05, 3.63) is 109 Å². The fourth-order valence-corrected chi connectivity index (χ4v) is 7.60. The highest BCUT2D eigenvalue weighted by molar-refractivity contribution is 7.47. The van der Waals surface area contributed by atoms with Crippen LogP contribution in [-0.2, 0) is 18.4 Å². The first-order valence-corrected chi connectivity index (χ1v) is 27.8. The number of quaternary nitrogens is 1. The fraction of sp³-hybridized carbons (Fsp3) is 0.667. The maximum Gasteiger partial charge on any atom is 0.472 e. The Morgan fingerprint density at radius 2 is 0.924 bits per heavy atom. The van der Waals surface area contributed by atoms with Crippen molar-refractivity contribution in [1.82, 2.24) is 5.32 Å². The number of nitrogens with zero attached hydrogens (tertiary/aromatic N) is 1. The molecule has 0 aromatic rings. The highest BCUT2D eigenvalue weighted by Gasteiger charge is 2.27. The Labute approximate surface area is 406 Å². The molecular formula is C57H100N2O6P+. The van der Waals surface area contributed by atoms with Gasteiger partial charge in [0, 0.05) is 6.42 Å². The van der Waals surface area contributed by atoms with Gasteiger partial charge in [-0.3, -0.25) is 13.8 Å². The van der Waals surface area contributed by atoms with Gasteiger partial charge < -0.3 is 19.8 Å². The summed E-state index contributed by atoms with van der Waals surface area (Å²) in [5, 5.41) is 13.9. The monoisotopic (exact) mass is 940 g/mol. The van der Waals surface area contributed by atoms with Gasteiger partial charge in [0.15, 0.2) is 0 Å². The van der Waals surface area contributed by atoms with Gasteiger partial charge in [0.05, 0.1) is 39.9 Å². The second-order valence-corrected chi connectivity index (χ2v) is 20.0. The first-order valence-electron chi connectivity index (χ1n) is 26.3. The number of amides is 1. The first kappa shape index (κ1) is 63.2. The third kappa shape index (κ3) is 49.1. The van der Waals surface area contributed by atoms with E-state index in [1.165, 1.54) is 70.6 Å². The molecule has 0 aliphatic carbocycles. The van der Waals surface area contributed by atoms with E-state index in [2.05, 4.69) is 116 Å². The number of nitrogens with one attached hydrogen (secondary N) is 1. The van der Waals surface area contributed by atoms with Crippen molar-refractivity contribution in [1.29, 1.82) is 0 Å². The number of hydrogen-bond donors (Lipinski definition) is 3. The summed E-state index contributed by atoms with van der Waals surface area (Å²) in [4.78, 5) is 23.2. The molecule has 0 heterocycles. The van der Waals surface area contributed by atoms with E-state index in [0.29, 0.717) is 17.4 Å². The zero-order valence-electron chi connectivity index (χ0n) is 42.9. The Balaban J connectivity index is 4.40. The number of aliphatic hydroxyl groups is 1. The Morgan fingerprint density at radius 3 is 1.39 bits per heavy atom. The normalized spacial score (nSPS) is 15.0. The van der Waals surface area contributed by atoms with Crippen LogP contribution in [0.3, 0.4) is 0 Å². The number of phosphoric acid groups is 1. The number of phosphoric ester groups is 1. The summed E-state index contributed by atoms with van der Waals surface area (Å²) >= 11 is 0. The average molecular weight is 940 g/mol. The Morgan fingerprint density at radius 1 is 0.530 bits per heavy atom. The van der Waals surface area contributed by atoms with Gasteiger partial charge in [-0.05, 0) is 89.9 Å². The minimum Gasteiger partial charge on any atom is -0.387 e. The molecular weight excluding hydrogens is 840 g/mol. The smallest absolute Gasteiger partial charge is 0.387 e. The molecule has 3 N–H and O–H groups in total. The molecule has 0 saturated carbocycles. The lowest BCUT2D eigenvalue weighted by Crippen LogP contribution is -2.45. The first-order chi connectivity index (χ1) is 32.0. The summed E-state index contributed by atoms with van der Waals surface area (Å²) in [5.74, 6) is -0.211. The van der Waals surface area contributed by atoms with Crippen LogP contribution in [0.2, 0.25) is 0 Å². The quantitative estimate of drug-likeness (QED) is 0.0243. The van der Waals surface area contributed by atoms with Crippen molar-refractivity contribution in [2.45, 2.75) is 206 Å². The summed E-state index contributed by atoms with van der Waals surface area (Å²) in [6, 6.07) is -0.882. The Hall–Kier alpha value is -2.84. The number of carbonyl (C=O) groups excluding carboxylic acids is 1. The number of rotatable bonds is 46. The van der Waals surface area contributed by atoms with Crippen LogP contribution in [0.25, 0.3) is 0 Å². The number of carbonyl (C=O) groups is 1. The van der Waals surface area contributed by atoms with Crippen LogP contribution in [0.1, 0.15) is 194 Å². The number of aliphatic hydroxyl groups excluding tert-OH is 1. The SMILES string of the molecule is CC/C=C\C/C=C\C/C=C\C/C=C\C/C=C\C/C=C\C/C=C\CCCCCCCC(=O)NC(COP(=O)(O)OCC[N+](C)(C)C)C(O)/C=C/CC/C=C/CCCCCCCCCCCCC. The molecule has 8 nitrogen and oxygen atoms in total. The van der Waals surface area contributed by atoms with Gasteiger partial charge in [-0.15, -0.1) is 0 Å². The van der Waals surface area contributed by atoms with Crippen LogP contribution in [0.15, 0.2) is 109 Å². The number of unbranched alkanes of at least 4 members (excludes halogenated alkanes) is 17. The van der Waals surface area contributed by atoms with Gasteiger partial charge in [-0.1, -0.05) is 207 Å². The average Bonchev–Trinajstić information content (AvgIpc) is 3.28. The third-order valence-electron chi connectivity index (χ3n) is 11.0. The van der Waals surface area contributed by atoms with Gasteiger partial charge in [0.2, 0.25) is 5.91 Å². The van der Waals surface area contributed by atoms with Crippen molar-refractivity contribution in [2.24, 2.45) is 0 Å². The van der Waals surface area contributed by atoms with Gasteiger partial charge in [0.1, 0.15) is 13.2 Å². The standard InChI is InChI=1S/C57H99N2O6P/c1-6-8-10-12-14-16-18-20-22-24-25-26-27-28-29-30-31-32-33-35-37-39-41-43-45-47-49-51-57(61)58-55(54-65-66(62,63)64-53-52-59(3,4)5)56(60)50-48-46-44-42-40-38-36-34-23-21-19-17-15-13-11-9-7-2/h8,10,14,16,20,22,25-26,28-29,31-32,35,37,40,42,48,50,55-56,60H,6-7,9,11-13,15,17-19,21,23-24,27,30,33-34,36,38-39,41,43-47,49,51-54H2,1-5H3,(H-,58,61,62,63)/p+1/b10-8-,16-14-,22-20-,26-25-,29-28-,32-31-,37-35-,42-40+,50-48+. The molecule has 3 unspecified atom stereocenters. The molecule has 0 saturated heterocycles.